The number of rotatable bonds is 4. The summed E-state index contributed by atoms with van der Waals surface area (Å²) in [4.78, 5) is 12.2. The summed E-state index contributed by atoms with van der Waals surface area (Å²) in [5.41, 5.74) is 0.472. The van der Waals surface area contributed by atoms with Crippen LogP contribution in [0.15, 0.2) is 46.4 Å². The molecule has 0 saturated carbocycles. The van der Waals surface area contributed by atoms with E-state index in [0.29, 0.717) is 17.7 Å². The van der Waals surface area contributed by atoms with Gasteiger partial charge in [-0.05, 0) is 42.8 Å². The van der Waals surface area contributed by atoms with Gasteiger partial charge in [-0.15, -0.1) is 0 Å². The Labute approximate surface area is 149 Å². The Balaban J connectivity index is 1.74. The van der Waals surface area contributed by atoms with Gasteiger partial charge in [0.05, 0.1) is 11.5 Å². The maximum absolute atomic E-state index is 13.0. The average Bonchev–Trinajstić information content (AvgIpc) is 3.19. The zero-order chi connectivity index (χ0) is 18.7. The van der Waals surface area contributed by atoms with E-state index in [-0.39, 0.29) is 28.7 Å². The number of carbonyl (C=O) groups excluding carboxylic acids is 1. The van der Waals surface area contributed by atoms with E-state index in [1.165, 1.54) is 18.2 Å². The van der Waals surface area contributed by atoms with Gasteiger partial charge in [-0.3, -0.25) is 4.79 Å². The van der Waals surface area contributed by atoms with Crippen molar-refractivity contribution < 1.29 is 22.0 Å². The van der Waals surface area contributed by atoms with Crippen LogP contribution in [-0.4, -0.2) is 31.9 Å². The molecule has 8 heteroatoms. The maximum atomic E-state index is 13.0. The van der Waals surface area contributed by atoms with Crippen molar-refractivity contribution in [3.63, 3.8) is 0 Å². The molecule has 1 aliphatic rings. The van der Waals surface area contributed by atoms with Crippen molar-refractivity contribution in [1.29, 1.82) is 5.26 Å². The lowest BCUT2D eigenvalue weighted by molar-refractivity contribution is -0.117. The molecule has 0 aliphatic carbocycles. The van der Waals surface area contributed by atoms with E-state index in [9.17, 15) is 22.9 Å². The number of carbonyl (C=O) groups is 1. The van der Waals surface area contributed by atoms with E-state index in [2.05, 4.69) is 5.32 Å². The zero-order valence-electron chi connectivity index (χ0n) is 13.6. The molecule has 6 nitrogen and oxygen atoms in total. The van der Waals surface area contributed by atoms with E-state index < -0.39 is 21.8 Å². The van der Waals surface area contributed by atoms with Gasteiger partial charge in [-0.25, -0.2) is 12.8 Å². The largest absolute Gasteiger partial charge is 0.457 e. The normalized spacial score (nSPS) is 19.1. The Bertz CT molecular complexity index is 1000. The number of hydrogen-bond donors (Lipinski definition) is 1. The summed E-state index contributed by atoms with van der Waals surface area (Å²) in [6.07, 6.45) is 1.62. The molecule has 134 valence electrons. The zero-order valence-corrected chi connectivity index (χ0v) is 14.4. The monoisotopic (exact) mass is 374 g/mol. The molecule has 3 rings (SSSR count). The molecule has 2 heterocycles. The second-order valence-electron chi connectivity index (χ2n) is 5.95. The lowest BCUT2D eigenvalue weighted by Gasteiger charge is -2.09. The van der Waals surface area contributed by atoms with Gasteiger partial charge in [-0.2, -0.15) is 5.26 Å². The van der Waals surface area contributed by atoms with Crippen molar-refractivity contribution in [3.8, 4) is 17.4 Å². The molecule has 2 aromatic rings. The van der Waals surface area contributed by atoms with E-state index in [0.717, 1.165) is 0 Å². The van der Waals surface area contributed by atoms with Gasteiger partial charge in [-0.1, -0.05) is 0 Å². The third kappa shape index (κ3) is 4.18. The highest BCUT2D eigenvalue weighted by Crippen LogP contribution is 2.23. The number of sulfone groups is 1. The first-order valence-electron chi connectivity index (χ1n) is 7.85. The Kier molecular flexibility index (Phi) is 4.91. The predicted molar refractivity (Wildman–Crippen MR) is 92.9 cm³/mol. The summed E-state index contributed by atoms with van der Waals surface area (Å²) < 4.78 is 41.4. The average molecular weight is 374 g/mol. The number of benzene rings is 1. The van der Waals surface area contributed by atoms with E-state index in [1.54, 1.807) is 30.3 Å². The molecule has 1 atom stereocenters. The van der Waals surface area contributed by atoms with Crippen molar-refractivity contribution in [2.75, 3.05) is 11.5 Å². The lowest BCUT2D eigenvalue weighted by atomic mass is 10.2. The fraction of sp³-hybridized carbons (Fsp3) is 0.222. The number of amides is 1. The maximum Gasteiger partial charge on any atom is 0.262 e. The second-order valence-corrected chi connectivity index (χ2v) is 8.18. The first-order chi connectivity index (χ1) is 12.4. The molecule has 1 aromatic heterocycles. The van der Waals surface area contributed by atoms with Crippen molar-refractivity contribution in [1.82, 2.24) is 5.32 Å². The van der Waals surface area contributed by atoms with Crippen LogP contribution in [-0.2, 0) is 14.6 Å². The molecule has 0 radical (unpaired) electrons. The first-order valence-corrected chi connectivity index (χ1v) is 9.67. The van der Waals surface area contributed by atoms with Gasteiger partial charge in [0, 0.05) is 17.7 Å². The molecule has 0 bridgehead atoms. The first kappa shape index (κ1) is 17.9. The van der Waals surface area contributed by atoms with E-state index >= 15 is 0 Å². The van der Waals surface area contributed by atoms with Crippen LogP contribution in [0.3, 0.4) is 0 Å². The highest BCUT2D eigenvalue weighted by molar-refractivity contribution is 7.91. The van der Waals surface area contributed by atoms with Gasteiger partial charge >= 0.3 is 0 Å². The van der Waals surface area contributed by atoms with Gasteiger partial charge in [0.2, 0.25) is 0 Å². The van der Waals surface area contributed by atoms with Crippen LogP contribution in [0, 0.1) is 17.1 Å². The van der Waals surface area contributed by atoms with Crippen molar-refractivity contribution in [2.45, 2.75) is 12.5 Å². The fourth-order valence-electron chi connectivity index (χ4n) is 2.66. The number of hydrogen-bond acceptors (Lipinski definition) is 5. The molecule has 1 aliphatic heterocycles. The Hall–Kier alpha value is -2.92. The van der Waals surface area contributed by atoms with Gasteiger partial charge < -0.3 is 9.73 Å². The molecule has 0 spiro atoms. The quantitative estimate of drug-likeness (QED) is 0.654. The second kappa shape index (κ2) is 7.14. The Morgan fingerprint density at radius 3 is 2.62 bits per heavy atom. The van der Waals surface area contributed by atoms with Crippen molar-refractivity contribution in [2.24, 2.45) is 0 Å². The summed E-state index contributed by atoms with van der Waals surface area (Å²) in [6, 6.07) is 10.3. The van der Waals surface area contributed by atoms with Crippen LogP contribution in [0.4, 0.5) is 4.39 Å². The SMILES string of the molecule is N#C/C(=C\c1ccc(-c2ccc(F)cc2)o1)C(=O)NC1CCS(=O)(=O)C1. The van der Waals surface area contributed by atoms with Crippen LogP contribution in [0.25, 0.3) is 17.4 Å². The molecule has 1 saturated heterocycles. The standard InChI is InChI=1S/C18H15FN2O4S/c19-14-3-1-12(2-4-14)17-6-5-16(25-17)9-13(10-20)18(22)21-15-7-8-26(23,24)11-15/h1-6,9,15H,7-8,11H2,(H,21,22)/b13-9+. The topological polar surface area (TPSA) is 100 Å². The molecule has 1 aromatic carbocycles. The number of nitrogens with zero attached hydrogens (tertiary/aromatic N) is 1. The molecule has 1 N–H and O–H groups in total. The third-order valence-corrected chi connectivity index (χ3v) is 5.74. The molecule has 1 amide bonds. The van der Waals surface area contributed by atoms with E-state index in [1.807, 2.05) is 0 Å². The number of furan rings is 1. The Morgan fingerprint density at radius 1 is 1.27 bits per heavy atom. The summed E-state index contributed by atoms with van der Waals surface area (Å²) in [6.45, 7) is 0. The summed E-state index contributed by atoms with van der Waals surface area (Å²) in [5.74, 6) is -0.339. The number of nitrogens with one attached hydrogen (secondary N) is 1. The smallest absolute Gasteiger partial charge is 0.262 e. The predicted octanol–water partition coefficient (Wildman–Crippen LogP) is 2.30. The highest BCUT2D eigenvalue weighted by Gasteiger charge is 2.29. The van der Waals surface area contributed by atoms with Crippen LogP contribution < -0.4 is 5.32 Å². The molecular weight excluding hydrogens is 359 g/mol. The summed E-state index contributed by atoms with van der Waals surface area (Å²) in [7, 11) is -3.13. The molecule has 1 unspecified atom stereocenters. The molecule has 1 fully saturated rings. The third-order valence-electron chi connectivity index (χ3n) is 3.97. The highest BCUT2D eigenvalue weighted by atomic mass is 32.2. The summed E-state index contributed by atoms with van der Waals surface area (Å²) >= 11 is 0. The minimum atomic E-state index is -3.13. The minimum absolute atomic E-state index is 0.0305. The summed E-state index contributed by atoms with van der Waals surface area (Å²) in [5, 5.41) is 11.8. The Morgan fingerprint density at radius 2 is 2.00 bits per heavy atom. The van der Waals surface area contributed by atoms with Crippen molar-refractivity contribution >= 4 is 21.8 Å². The van der Waals surface area contributed by atoms with Crippen LogP contribution >= 0.6 is 0 Å². The van der Waals surface area contributed by atoms with Crippen LogP contribution in [0.1, 0.15) is 12.2 Å². The van der Waals surface area contributed by atoms with Crippen LogP contribution in [0.2, 0.25) is 0 Å². The van der Waals surface area contributed by atoms with Crippen LogP contribution in [0.5, 0.6) is 0 Å². The van der Waals surface area contributed by atoms with E-state index in [4.69, 9.17) is 4.42 Å². The lowest BCUT2D eigenvalue weighted by Crippen LogP contribution is -2.36. The fourth-order valence-corrected chi connectivity index (χ4v) is 4.34. The van der Waals surface area contributed by atoms with Crippen molar-refractivity contribution in [3.05, 3.63) is 53.5 Å². The number of nitriles is 1. The van der Waals surface area contributed by atoms with Gasteiger partial charge in [0.1, 0.15) is 29.0 Å². The van der Waals surface area contributed by atoms with Gasteiger partial charge in [0.15, 0.2) is 9.84 Å². The molecular formula is C18H15FN2O4S. The molecule has 26 heavy (non-hydrogen) atoms. The number of halogens is 1. The minimum Gasteiger partial charge on any atom is -0.457 e. The van der Waals surface area contributed by atoms with Gasteiger partial charge in [0.25, 0.3) is 5.91 Å².